The number of carbonyl (C=O) groups excluding carboxylic acids is 1. The molecule has 0 N–H and O–H groups in total. The van der Waals surface area contributed by atoms with Gasteiger partial charge in [-0.25, -0.2) is 4.79 Å². The summed E-state index contributed by atoms with van der Waals surface area (Å²) in [4.78, 5) is 16.4. The molecule has 0 atom stereocenters. The van der Waals surface area contributed by atoms with Crippen molar-refractivity contribution in [1.82, 2.24) is 0 Å². The molecule has 1 aliphatic heterocycles. The molecule has 7 heteroatoms. The van der Waals surface area contributed by atoms with Crippen LogP contribution in [-0.4, -0.2) is 11.7 Å². The highest BCUT2D eigenvalue weighted by Gasteiger charge is 2.22. The van der Waals surface area contributed by atoms with E-state index in [1.807, 2.05) is 0 Å². The molecule has 2 aromatic rings. The van der Waals surface area contributed by atoms with E-state index in [0.29, 0.717) is 37.7 Å². The van der Waals surface area contributed by atoms with Crippen molar-refractivity contribution >= 4 is 52.6 Å². The predicted octanol–water partition coefficient (Wildman–Crippen LogP) is 5.54. The summed E-state index contributed by atoms with van der Waals surface area (Å²) in [5.74, 6) is 0.0413. The summed E-state index contributed by atoms with van der Waals surface area (Å²) < 4.78 is 5.86. The fraction of sp³-hybridized carbons (Fsp3) is 0.111. The molecule has 25 heavy (non-hydrogen) atoms. The second kappa shape index (κ2) is 7.48. The Balaban J connectivity index is 1.88. The molecule has 3 rings (SSSR count). The van der Waals surface area contributed by atoms with Crippen LogP contribution in [0, 0.1) is 0 Å². The van der Waals surface area contributed by atoms with Gasteiger partial charge in [0.2, 0.25) is 0 Å². The lowest BCUT2D eigenvalue weighted by Crippen LogP contribution is -2.03. The number of nitrogens with zero attached hydrogens (tertiary/aromatic N) is 1. The molecule has 2 aromatic carbocycles. The van der Waals surface area contributed by atoms with Crippen LogP contribution in [0.4, 0.5) is 0 Å². The molecule has 0 unspecified atom stereocenters. The summed E-state index contributed by atoms with van der Waals surface area (Å²) in [5.41, 5.74) is 2.28. The van der Waals surface area contributed by atoms with Gasteiger partial charge >= 0.3 is 5.97 Å². The van der Waals surface area contributed by atoms with Crippen molar-refractivity contribution in [2.24, 2.45) is 5.16 Å². The summed E-state index contributed by atoms with van der Waals surface area (Å²) in [7, 11) is 0. The summed E-state index contributed by atoms with van der Waals surface area (Å²) in [6, 6.07) is 10.3. The van der Waals surface area contributed by atoms with E-state index in [1.54, 1.807) is 49.4 Å². The van der Waals surface area contributed by atoms with Crippen LogP contribution >= 0.6 is 34.8 Å². The van der Waals surface area contributed by atoms with Gasteiger partial charge in [0.1, 0.15) is 12.4 Å². The zero-order valence-corrected chi connectivity index (χ0v) is 15.3. The summed E-state index contributed by atoms with van der Waals surface area (Å²) >= 11 is 18.1. The molecule has 0 radical (unpaired) electrons. The Hall–Kier alpha value is -2.01. The number of oxime groups is 1. The molecule has 0 fully saturated rings. The first-order valence-corrected chi connectivity index (χ1v) is 8.42. The van der Waals surface area contributed by atoms with Crippen molar-refractivity contribution in [3.05, 3.63) is 68.2 Å². The number of rotatable bonds is 4. The number of halogens is 3. The average Bonchev–Trinajstić information content (AvgIpc) is 2.87. The first-order valence-electron chi connectivity index (χ1n) is 7.28. The Bertz CT molecular complexity index is 906. The van der Waals surface area contributed by atoms with E-state index >= 15 is 0 Å². The number of hydrogen-bond donors (Lipinski definition) is 0. The maximum Gasteiger partial charge on any atom is 0.367 e. The van der Waals surface area contributed by atoms with E-state index < -0.39 is 5.97 Å². The van der Waals surface area contributed by atoms with Crippen molar-refractivity contribution in [1.29, 1.82) is 0 Å². The number of hydrogen-bond acceptors (Lipinski definition) is 4. The molecule has 4 nitrogen and oxygen atoms in total. The standard InChI is InChI=1S/C18H12Cl3NO3/c1-10-15(18(23)25-22-10)7-12-6-13(19)4-5-17(12)24-9-11-2-3-14(20)8-16(11)21/h2-8H,9H2,1H3/b15-7+. The Morgan fingerprint density at radius 2 is 1.84 bits per heavy atom. The second-order valence-electron chi connectivity index (χ2n) is 5.32. The van der Waals surface area contributed by atoms with Gasteiger partial charge in [0, 0.05) is 26.2 Å². The van der Waals surface area contributed by atoms with Crippen LogP contribution in [0.3, 0.4) is 0 Å². The quantitative estimate of drug-likeness (QED) is 0.503. The highest BCUT2D eigenvalue weighted by Crippen LogP contribution is 2.29. The molecular weight excluding hydrogens is 385 g/mol. The van der Waals surface area contributed by atoms with Crippen LogP contribution in [0.1, 0.15) is 18.1 Å². The van der Waals surface area contributed by atoms with Gasteiger partial charge in [-0.15, -0.1) is 0 Å². The van der Waals surface area contributed by atoms with Crippen LogP contribution in [-0.2, 0) is 16.2 Å². The van der Waals surface area contributed by atoms with Crippen molar-refractivity contribution in [3.8, 4) is 5.75 Å². The van der Waals surface area contributed by atoms with Gasteiger partial charge < -0.3 is 9.57 Å². The van der Waals surface area contributed by atoms with Crippen LogP contribution in [0.15, 0.2) is 47.1 Å². The van der Waals surface area contributed by atoms with Gasteiger partial charge in [-0.05, 0) is 43.3 Å². The molecule has 0 saturated carbocycles. The van der Waals surface area contributed by atoms with E-state index in [9.17, 15) is 4.79 Å². The third-order valence-electron chi connectivity index (χ3n) is 3.55. The molecule has 0 spiro atoms. The normalized spacial score (nSPS) is 15.3. The minimum absolute atomic E-state index is 0.241. The molecule has 0 aromatic heterocycles. The lowest BCUT2D eigenvalue weighted by atomic mass is 10.1. The van der Waals surface area contributed by atoms with Crippen LogP contribution in [0.25, 0.3) is 6.08 Å². The third-order valence-corrected chi connectivity index (χ3v) is 4.37. The van der Waals surface area contributed by atoms with E-state index in [-0.39, 0.29) is 6.61 Å². The Morgan fingerprint density at radius 1 is 1.12 bits per heavy atom. The molecule has 0 amide bonds. The van der Waals surface area contributed by atoms with Crippen molar-refractivity contribution in [2.45, 2.75) is 13.5 Å². The predicted molar refractivity (Wildman–Crippen MR) is 99.4 cm³/mol. The molecule has 0 aliphatic carbocycles. The lowest BCUT2D eigenvalue weighted by Gasteiger charge is -2.11. The minimum Gasteiger partial charge on any atom is -0.488 e. The average molecular weight is 397 g/mol. The van der Waals surface area contributed by atoms with Crippen molar-refractivity contribution in [2.75, 3.05) is 0 Å². The zero-order valence-electron chi connectivity index (χ0n) is 13.1. The molecular formula is C18H12Cl3NO3. The van der Waals surface area contributed by atoms with Crippen LogP contribution in [0.2, 0.25) is 15.1 Å². The molecule has 1 aliphatic rings. The van der Waals surface area contributed by atoms with Crippen LogP contribution < -0.4 is 4.74 Å². The highest BCUT2D eigenvalue weighted by atomic mass is 35.5. The largest absolute Gasteiger partial charge is 0.488 e. The molecule has 1 heterocycles. The molecule has 128 valence electrons. The van der Waals surface area contributed by atoms with E-state index in [4.69, 9.17) is 39.5 Å². The van der Waals surface area contributed by atoms with E-state index in [0.717, 1.165) is 5.56 Å². The lowest BCUT2D eigenvalue weighted by molar-refractivity contribution is -0.136. The fourth-order valence-corrected chi connectivity index (χ4v) is 2.88. The summed E-state index contributed by atoms with van der Waals surface area (Å²) in [6.07, 6.45) is 1.64. The Morgan fingerprint density at radius 3 is 2.52 bits per heavy atom. The molecule has 0 bridgehead atoms. The molecule has 0 saturated heterocycles. The Kier molecular flexibility index (Phi) is 5.33. The SMILES string of the molecule is CC1=NOC(=O)/C1=C/c1cc(Cl)ccc1OCc1ccc(Cl)cc1Cl. The number of benzene rings is 2. The highest BCUT2D eigenvalue weighted by molar-refractivity contribution is 6.35. The van der Waals surface area contributed by atoms with Gasteiger partial charge in [0.25, 0.3) is 0 Å². The van der Waals surface area contributed by atoms with E-state index in [1.165, 1.54) is 0 Å². The maximum atomic E-state index is 11.7. The van der Waals surface area contributed by atoms with E-state index in [2.05, 4.69) is 9.99 Å². The van der Waals surface area contributed by atoms with Crippen molar-refractivity contribution in [3.63, 3.8) is 0 Å². The monoisotopic (exact) mass is 395 g/mol. The Labute approximate surface area is 159 Å². The first kappa shape index (κ1) is 17.8. The topological polar surface area (TPSA) is 47.9 Å². The van der Waals surface area contributed by atoms with Crippen molar-refractivity contribution < 1.29 is 14.4 Å². The summed E-state index contributed by atoms with van der Waals surface area (Å²) in [6.45, 7) is 1.93. The number of ether oxygens (including phenoxy) is 1. The second-order valence-corrected chi connectivity index (χ2v) is 6.60. The van der Waals surface area contributed by atoms with Gasteiger partial charge in [-0.1, -0.05) is 46.0 Å². The third kappa shape index (κ3) is 4.15. The van der Waals surface area contributed by atoms with Gasteiger partial charge in [0.05, 0.1) is 11.3 Å². The van der Waals surface area contributed by atoms with Gasteiger partial charge in [0.15, 0.2) is 0 Å². The fourth-order valence-electron chi connectivity index (χ4n) is 2.23. The summed E-state index contributed by atoms with van der Waals surface area (Å²) in [5, 5.41) is 5.25. The smallest absolute Gasteiger partial charge is 0.367 e. The van der Waals surface area contributed by atoms with Gasteiger partial charge in [-0.2, -0.15) is 0 Å². The zero-order chi connectivity index (χ0) is 18.0. The maximum absolute atomic E-state index is 11.7. The minimum atomic E-state index is -0.510. The first-order chi connectivity index (χ1) is 11.9. The number of carbonyl (C=O) groups is 1. The van der Waals surface area contributed by atoms with Crippen LogP contribution in [0.5, 0.6) is 5.75 Å². The van der Waals surface area contributed by atoms with Gasteiger partial charge in [-0.3, -0.25) is 0 Å².